The van der Waals surface area contributed by atoms with Crippen molar-refractivity contribution < 1.29 is 5.11 Å². The number of aliphatic hydroxyl groups is 1. The number of fused-ring (bicyclic) bond motifs is 1. The van der Waals surface area contributed by atoms with Crippen molar-refractivity contribution in [3.63, 3.8) is 0 Å². The average molecular weight is 275 g/mol. The van der Waals surface area contributed by atoms with Gasteiger partial charge in [0.05, 0.1) is 11.8 Å². The van der Waals surface area contributed by atoms with E-state index in [1.54, 1.807) is 12.4 Å². The zero-order valence-corrected chi connectivity index (χ0v) is 11.5. The summed E-state index contributed by atoms with van der Waals surface area (Å²) in [5.74, 6) is 1.07. The molecule has 0 aromatic carbocycles. The van der Waals surface area contributed by atoms with Gasteiger partial charge in [0.1, 0.15) is 5.82 Å². The largest absolute Gasteiger partial charge is 0.388 e. The first kappa shape index (κ1) is 13.2. The Morgan fingerprint density at radius 2 is 2.05 bits per heavy atom. The van der Waals surface area contributed by atoms with E-state index in [0.29, 0.717) is 18.2 Å². The quantitative estimate of drug-likeness (QED) is 0.743. The molecule has 20 heavy (non-hydrogen) atoms. The molecule has 6 heteroatoms. The second-order valence-electron chi connectivity index (χ2n) is 5.66. The SMILES string of the molecule is Nc1cn2ccnc2c(NCC2(O)CCCCCC2)n1. The predicted octanol–water partition coefficient (Wildman–Crippen LogP) is 1.81. The summed E-state index contributed by atoms with van der Waals surface area (Å²) in [7, 11) is 0. The van der Waals surface area contributed by atoms with Crippen molar-refractivity contribution in [3.8, 4) is 0 Å². The van der Waals surface area contributed by atoms with Crippen molar-refractivity contribution in [2.75, 3.05) is 17.6 Å². The molecule has 0 radical (unpaired) electrons. The van der Waals surface area contributed by atoms with Crippen molar-refractivity contribution in [2.24, 2.45) is 0 Å². The Kier molecular flexibility index (Phi) is 3.48. The minimum absolute atomic E-state index is 0.436. The van der Waals surface area contributed by atoms with Gasteiger partial charge in [0.25, 0.3) is 0 Å². The number of nitrogens with one attached hydrogen (secondary N) is 1. The zero-order valence-electron chi connectivity index (χ0n) is 11.5. The highest BCUT2D eigenvalue weighted by Crippen LogP contribution is 2.27. The van der Waals surface area contributed by atoms with E-state index in [1.165, 1.54) is 12.8 Å². The maximum Gasteiger partial charge on any atom is 0.180 e. The number of nitrogens with two attached hydrogens (primary N) is 1. The van der Waals surface area contributed by atoms with Gasteiger partial charge in [0.15, 0.2) is 11.5 Å². The van der Waals surface area contributed by atoms with Crippen LogP contribution in [0.5, 0.6) is 0 Å². The third-order valence-corrected chi connectivity index (χ3v) is 4.01. The van der Waals surface area contributed by atoms with Crippen LogP contribution in [-0.2, 0) is 0 Å². The molecule has 1 fully saturated rings. The Labute approximate surface area is 118 Å². The van der Waals surface area contributed by atoms with Gasteiger partial charge in [-0.25, -0.2) is 9.97 Å². The third-order valence-electron chi connectivity index (χ3n) is 4.01. The van der Waals surface area contributed by atoms with Crippen LogP contribution >= 0.6 is 0 Å². The number of nitrogens with zero attached hydrogens (tertiary/aromatic N) is 3. The molecule has 0 bridgehead atoms. The molecular formula is C14H21N5O. The Morgan fingerprint density at radius 3 is 2.80 bits per heavy atom. The first-order valence-electron chi connectivity index (χ1n) is 7.22. The van der Waals surface area contributed by atoms with E-state index < -0.39 is 5.60 Å². The molecule has 0 spiro atoms. The van der Waals surface area contributed by atoms with Gasteiger partial charge in [0.2, 0.25) is 0 Å². The number of nitrogen functional groups attached to an aromatic ring is 1. The van der Waals surface area contributed by atoms with Crippen LogP contribution in [0.2, 0.25) is 0 Å². The number of anilines is 2. The number of aromatic nitrogens is 3. The van der Waals surface area contributed by atoms with Crippen LogP contribution in [0.4, 0.5) is 11.6 Å². The van der Waals surface area contributed by atoms with Crippen LogP contribution in [0.1, 0.15) is 38.5 Å². The van der Waals surface area contributed by atoms with Gasteiger partial charge in [-0.15, -0.1) is 0 Å². The summed E-state index contributed by atoms with van der Waals surface area (Å²) < 4.78 is 1.84. The van der Waals surface area contributed by atoms with Crippen molar-refractivity contribution in [1.29, 1.82) is 0 Å². The average Bonchev–Trinajstić information content (AvgIpc) is 2.78. The van der Waals surface area contributed by atoms with Crippen LogP contribution in [0.15, 0.2) is 18.6 Å². The maximum absolute atomic E-state index is 10.7. The second-order valence-corrected chi connectivity index (χ2v) is 5.66. The van der Waals surface area contributed by atoms with Crippen molar-refractivity contribution in [3.05, 3.63) is 18.6 Å². The van der Waals surface area contributed by atoms with E-state index in [0.717, 1.165) is 31.3 Å². The van der Waals surface area contributed by atoms with Crippen LogP contribution < -0.4 is 11.1 Å². The molecule has 3 rings (SSSR count). The summed E-state index contributed by atoms with van der Waals surface area (Å²) in [6, 6.07) is 0. The van der Waals surface area contributed by atoms with Gasteiger partial charge in [0, 0.05) is 18.9 Å². The minimum atomic E-state index is -0.646. The maximum atomic E-state index is 10.7. The molecule has 0 atom stereocenters. The lowest BCUT2D eigenvalue weighted by atomic mass is 9.94. The van der Waals surface area contributed by atoms with Crippen molar-refractivity contribution in [2.45, 2.75) is 44.1 Å². The molecular weight excluding hydrogens is 254 g/mol. The molecule has 0 amide bonds. The number of rotatable bonds is 3. The number of hydrogen-bond acceptors (Lipinski definition) is 5. The molecule has 2 heterocycles. The Balaban J connectivity index is 1.77. The van der Waals surface area contributed by atoms with E-state index in [4.69, 9.17) is 5.73 Å². The summed E-state index contributed by atoms with van der Waals surface area (Å²) in [5, 5.41) is 13.9. The highest BCUT2D eigenvalue weighted by atomic mass is 16.3. The van der Waals surface area contributed by atoms with Crippen LogP contribution in [-0.4, -0.2) is 31.6 Å². The number of imidazole rings is 1. The summed E-state index contributed by atoms with van der Waals surface area (Å²) >= 11 is 0. The van der Waals surface area contributed by atoms with Crippen LogP contribution in [0.3, 0.4) is 0 Å². The molecule has 0 saturated heterocycles. The van der Waals surface area contributed by atoms with Crippen molar-refractivity contribution in [1.82, 2.24) is 14.4 Å². The Morgan fingerprint density at radius 1 is 1.30 bits per heavy atom. The van der Waals surface area contributed by atoms with Gasteiger partial charge >= 0.3 is 0 Å². The lowest BCUT2D eigenvalue weighted by Gasteiger charge is -2.27. The molecule has 0 aliphatic heterocycles. The van der Waals surface area contributed by atoms with E-state index in [9.17, 15) is 5.11 Å². The van der Waals surface area contributed by atoms with Crippen LogP contribution in [0, 0.1) is 0 Å². The Bertz CT molecular complexity index is 586. The van der Waals surface area contributed by atoms with Crippen LogP contribution in [0.25, 0.3) is 5.65 Å². The standard InChI is InChI=1S/C14H21N5O/c15-11-9-19-8-7-16-13(19)12(18-11)17-10-14(20)5-3-1-2-4-6-14/h7-9,20H,1-6,10,15H2,(H,17,18). The highest BCUT2D eigenvalue weighted by Gasteiger charge is 2.28. The molecule has 0 unspecified atom stereocenters. The van der Waals surface area contributed by atoms with E-state index >= 15 is 0 Å². The fraction of sp³-hybridized carbons (Fsp3) is 0.571. The lowest BCUT2D eigenvalue weighted by molar-refractivity contribution is 0.0381. The summed E-state index contributed by atoms with van der Waals surface area (Å²) in [6.07, 6.45) is 11.5. The fourth-order valence-corrected chi connectivity index (χ4v) is 2.88. The lowest BCUT2D eigenvalue weighted by Crippen LogP contribution is -2.36. The topological polar surface area (TPSA) is 88.5 Å². The third kappa shape index (κ3) is 2.70. The molecule has 2 aromatic rings. The zero-order chi connectivity index (χ0) is 14.0. The molecule has 1 saturated carbocycles. The highest BCUT2D eigenvalue weighted by molar-refractivity contribution is 5.64. The molecule has 1 aliphatic rings. The van der Waals surface area contributed by atoms with Gasteiger partial charge in [-0.3, -0.25) is 0 Å². The Hall–Kier alpha value is -1.82. The second kappa shape index (κ2) is 5.28. The first-order chi connectivity index (χ1) is 9.66. The first-order valence-corrected chi connectivity index (χ1v) is 7.22. The monoisotopic (exact) mass is 275 g/mol. The van der Waals surface area contributed by atoms with E-state index in [2.05, 4.69) is 15.3 Å². The van der Waals surface area contributed by atoms with Crippen molar-refractivity contribution >= 4 is 17.3 Å². The molecule has 6 nitrogen and oxygen atoms in total. The predicted molar refractivity (Wildman–Crippen MR) is 78.5 cm³/mol. The molecule has 2 aromatic heterocycles. The minimum Gasteiger partial charge on any atom is -0.388 e. The normalized spacial score (nSPS) is 18.9. The van der Waals surface area contributed by atoms with Gasteiger partial charge < -0.3 is 20.6 Å². The summed E-state index contributed by atoms with van der Waals surface area (Å²) in [6.45, 7) is 0.492. The molecule has 1 aliphatic carbocycles. The fourth-order valence-electron chi connectivity index (χ4n) is 2.88. The summed E-state index contributed by atoms with van der Waals surface area (Å²) in [5.41, 5.74) is 5.87. The van der Waals surface area contributed by atoms with Gasteiger partial charge in [-0.1, -0.05) is 25.7 Å². The summed E-state index contributed by atoms with van der Waals surface area (Å²) in [4.78, 5) is 8.55. The smallest absolute Gasteiger partial charge is 0.180 e. The molecule has 108 valence electrons. The number of hydrogen-bond donors (Lipinski definition) is 3. The molecule has 4 N–H and O–H groups in total. The van der Waals surface area contributed by atoms with E-state index in [1.807, 2.05) is 10.6 Å². The van der Waals surface area contributed by atoms with Gasteiger partial charge in [-0.05, 0) is 12.8 Å². The van der Waals surface area contributed by atoms with E-state index in [-0.39, 0.29) is 0 Å². The van der Waals surface area contributed by atoms with Gasteiger partial charge in [-0.2, -0.15) is 0 Å².